The Balaban J connectivity index is 2.31. The first-order chi connectivity index (χ1) is 10.0. The largest absolute Gasteiger partial charge is 0.480 e. The molecule has 118 valence electrons. The van der Waals surface area contributed by atoms with Gasteiger partial charge in [-0.3, -0.25) is 0 Å². The average Bonchev–Trinajstić information content (AvgIpc) is 2.94. The molecule has 0 bridgehead atoms. The zero-order valence-corrected chi connectivity index (χ0v) is 12.6. The maximum Gasteiger partial charge on any atom is 0.326 e. The number of aliphatic carboxylic acids is 1. The van der Waals surface area contributed by atoms with Gasteiger partial charge in [-0.15, -0.1) is 0 Å². The fraction of sp³-hybridized carbons (Fsp3) is 0.600. The molecule has 1 aromatic heterocycles. The quantitative estimate of drug-likeness (QED) is 0.653. The molecule has 0 spiro atoms. The molecule has 3 N–H and O–H groups in total. The first-order valence-electron chi connectivity index (χ1n) is 7.35. The van der Waals surface area contributed by atoms with E-state index in [9.17, 15) is 9.59 Å². The van der Waals surface area contributed by atoms with Crippen molar-refractivity contribution in [2.45, 2.75) is 58.0 Å². The summed E-state index contributed by atoms with van der Waals surface area (Å²) in [5, 5.41) is 14.3. The van der Waals surface area contributed by atoms with E-state index in [2.05, 4.69) is 10.6 Å². The molecule has 6 nitrogen and oxygen atoms in total. The van der Waals surface area contributed by atoms with Crippen LogP contribution < -0.4 is 10.6 Å². The van der Waals surface area contributed by atoms with E-state index in [0.29, 0.717) is 6.42 Å². The fourth-order valence-electron chi connectivity index (χ4n) is 1.98. The highest BCUT2D eigenvalue weighted by Crippen LogP contribution is 2.06. The van der Waals surface area contributed by atoms with E-state index >= 15 is 0 Å². The Morgan fingerprint density at radius 3 is 2.67 bits per heavy atom. The van der Waals surface area contributed by atoms with Crippen molar-refractivity contribution in [1.29, 1.82) is 0 Å². The molecule has 0 aliphatic rings. The van der Waals surface area contributed by atoms with E-state index in [1.54, 1.807) is 6.26 Å². The summed E-state index contributed by atoms with van der Waals surface area (Å²) < 4.78 is 5.22. The molecule has 0 aliphatic carbocycles. The monoisotopic (exact) mass is 296 g/mol. The van der Waals surface area contributed by atoms with Gasteiger partial charge in [-0.05, 0) is 31.9 Å². The summed E-state index contributed by atoms with van der Waals surface area (Å²) in [6.45, 7) is 3.86. The highest BCUT2D eigenvalue weighted by molar-refractivity contribution is 5.82. The molecule has 1 heterocycles. The highest BCUT2D eigenvalue weighted by Gasteiger charge is 2.19. The lowest BCUT2D eigenvalue weighted by molar-refractivity contribution is -0.139. The van der Waals surface area contributed by atoms with Crippen LogP contribution in [-0.2, 0) is 11.2 Å². The number of amides is 2. The Hall–Kier alpha value is -1.98. The number of urea groups is 1. The predicted octanol–water partition coefficient (Wildman–Crippen LogP) is 2.54. The van der Waals surface area contributed by atoms with Gasteiger partial charge in [0.2, 0.25) is 0 Å². The van der Waals surface area contributed by atoms with Gasteiger partial charge in [-0.1, -0.05) is 19.8 Å². The minimum absolute atomic E-state index is 0.0595. The molecular weight excluding hydrogens is 272 g/mol. The average molecular weight is 296 g/mol. The second kappa shape index (κ2) is 9.05. The Morgan fingerprint density at radius 1 is 1.33 bits per heavy atom. The summed E-state index contributed by atoms with van der Waals surface area (Å²) in [5.41, 5.74) is 0. The van der Waals surface area contributed by atoms with Crippen molar-refractivity contribution < 1.29 is 19.1 Å². The lowest BCUT2D eigenvalue weighted by atomic mass is 10.1. The number of nitrogens with one attached hydrogen (secondary N) is 2. The summed E-state index contributed by atoms with van der Waals surface area (Å²) in [6.07, 6.45) is 5.18. The minimum atomic E-state index is -0.998. The fourth-order valence-corrected chi connectivity index (χ4v) is 1.98. The minimum Gasteiger partial charge on any atom is -0.480 e. The zero-order chi connectivity index (χ0) is 15.7. The van der Waals surface area contributed by atoms with Gasteiger partial charge >= 0.3 is 12.0 Å². The lowest BCUT2D eigenvalue weighted by Crippen LogP contribution is -2.48. The molecule has 0 aliphatic heterocycles. The Morgan fingerprint density at radius 2 is 2.10 bits per heavy atom. The second-order valence-electron chi connectivity index (χ2n) is 5.17. The van der Waals surface area contributed by atoms with Crippen LogP contribution in [0.1, 0.15) is 45.3 Å². The van der Waals surface area contributed by atoms with E-state index in [-0.39, 0.29) is 6.04 Å². The van der Waals surface area contributed by atoms with Gasteiger partial charge in [-0.25, -0.2) is 9.59 Å². The van der Waals surface area contributed by atoms with Gasteiger partial charge in [0.15, 0.2) is 0 Å². The number of hydrogen-bond donors (Lipinski definition) is 3. The van der Waals surface area contributed by atoms with Gasteiger partial charge in [-0.2, -0.15) is 0 Å². The molecule has 1 rings (SSSR count). The Bertz CT molecular complexity index is 431. The number of furan rings is 1. The van der Waals surface area contributed by atoms with E-state index in [4.69, 9.17) is 9.52 Å². The number of hydrogen-bond acceptors (Lipinski definition) is 3. The van der Waals surface area contributed by atoms with Gasteiger partial charge in [0.05, 0.1) is 6.26 Å². The van der Waals surface area contributed by atoms with Crippen molar-refractivity contribution in [3.8, 4) is 0 Å². The highest BCUT2D eigenvalue weighted by atomic mass is 16.4. The Kier molecular flexibility index (Phi) is 7.36. The third-order valence-corrected chi connectivity index (χ3v) is 3.23. The number of carbonyl (C=O) groups excluding carboxylic acids is 1. The summed E-state index contributed by atoms with van der Waals surface area (Å²) in [4.78, 5) is 22.8. The number of aryl methyl sites for hydroxylation is 1. The summed E-state index contributed by atoms with van der Waals surface area (Å²) in [7, 11) is 0. The third-order valence-electron chi connectivity index (χ3n) is 3.23. The first-order valence-corrected chi connectivity index (χ1v) is 7.35. The lowest BCUT2D eigenvalue weighted by Gasteiger charge is -2.18. The third kappa shape index (κ3) is 6.83. The van der Waals surface area contributed by atoms with Gasteiger partial charge in [0.1, 0.15) is 11.8 Å². The van der Waals surface area contributed by atoms with Crippen molar-refractivity contribution in [3.63, 3.8) is 0 Å². The molecule has 0 saturated carbocycles. The SMILES string of the molecule is CCCC[C@H](NC(=O)NC(C)CCc1ccco1)C(=O)O. The molecule has 1 unspecified atom stereocenters. The molecule has 21 heavy (non-hydrogen) atoms. The van der Waals surface area contributed by atoms with Crippen LogP contribution in [0.3, 0.4) is 0 Å². The van der Waals surface area contributed by atoms with E-state index < -0.39 is 18.0 Å². The maximum atomic E-state index is 11.8. The normalized spacial score (nSPS) is 13.4. The molecule has 2 amide bonds. The topological polar surface area (TPSA) is 91.6 Å². The number of carboxylic acid groups (broad SMARTS) is 1. The number of rotatable bonds is 9. The summed E-state index contributed by atoms with van der Waals surface area (Å²) >= 11 is 0. The van der Waals surface area contributed by atoms with Crippen LogP contribution >= 0.6 is 0 Å². The number of carboxylic acids is 1. The van der Waals surface area contributed by atoms with Crippen LogP contribution in [0.5, 0.6) is 0 Å². The van der Waals surface area contributed by atoms with Crippen molar-refractivity contribution in [2.75, 3.05) is 0 Å². The van der Waals surface area contributed by atoms with E-state index in [1.165, 1.54) is 0 Å². The molecule has 0 fully saturated rings. The molecule has 0 saturated heterocycles. The van der Waals surface area contributed by atoms with Crippen LogP contribution in [-0.4, -0.2) is 29.2 Å². The van der Waals surface area contributed by atoms with Gasteiger partial charge in [0.25, 0.3) is 0 Å². The number of unbranched alkanes of at least 4 members (excludes halogenated alkanes) is 1. The maximum absolute atomic E-state index is 11.8. The Labute approximate surface area is 124 Å². The van der Waals surface area contributed by atoms with Crippen LogP contribution in [0.15, 0.2) is 22.8 Å². The van der Waals surface area contributed by atoms with Crippen molar-refractivity contribution in [2.24, 2.45) is 0 Å². The van der Waals surface area contributed by atoms with Crippen LogP contribution in [0.25, 0.3) is 0 Å². The molecule has 0 aromatic carbocycles. The summed E-state index contributed by atoms with van der Waals surface area (Å²) in [6, 6.07) is 2.38. The van der Waals surface area contributed by atoms with E-state index in [1.807, 2.05) is 26.0 Å². The van der Waals surface area contributed by atoms with Crippen molar-refractivity contribution in [3.05, 3.63) is 24.2 Å². The predicted molar refractivity (Wildman–Crippen MR) is 79.1 cm³/mol. The van der Waals surface area contributed by atoms with Crippen molar-refractivity contribution >= 4 is 12.0 Å². The van der Waals surface area contributed by atoms with Gasteiger partial charge < -0.3 is 20.2 Å². The molecular formula is C15H24N2O4. The smallest absolute Gasteiger partial charge is 0.326 e. The van der Waals surface area contributed by atoms with Crippen molar-refractivity contribution in [1.82, 2.24) is 10.6 Å². The molecule has 1 aromatic rings. The summed E-state index contributed by atoms with van der Waals surface area (Å²) in [5.74, 6) is -0.128. The van der Waals surface area contributed by atoms with Crippen LogP contribution in [0, 0.1) is 0 Å². The van der Waals surface area contributed by atoms with Crippen LogP contribution in [0.4, 0.5) is 4.79 Å². The van der Waals surface area contributed by atoms with E-state index in [0.717, 1.165) is 31.4 Å². The number of carbonyl (C=O) groups is 2. The first kappa shape index (κ1) is 17.1. The standard InChI is InChI=1S/C15H24N2O4/c1-3-4-7-13(14(18)19)17-15(20)16-11(2)8-9-12-6-5-10-21-12/h5-6,10-11,13H,3-4,7-9H2,1-2H3,(H,18,19)(H2,16,17,20)/t11?,13-/m0/s1. The van der Waals surface area contributed by atoms with Gasteiger partial charge in [0, 0.05) is 12.5 Å². The molecule has 2 atom stereocenters. The zero-order valence-electron chi connectivity index (χ0n) is 12.6. The molecule has 0 radical (unpaired) electrons. The van der Waals surface area contributed by atoms with Crippen LogP contribution in [0.2, 0.25) is 0 Å². The second-order valence-corrected chi connectivity index (χ2v) is 5.17. The molecule has 6 heteroatoms.